The minimum atomic E-state index is -0.934. The topological polar surface area (TPSA) is 68.3 Å². The minimum Gasteiger partial charge on any atom is -0.493 e. The molecule has 3 aromatic rings. The van der Waals surface area contributed by atoms with Crippen LogP contribution in [0.2, 0.25) is 0 Å². The first-order valence-electron chi connectivity index (χ1n) is 13.9. The highest BCUT2D eigenvalue weighted by Crippen LogP contribution is 2.28. The molecule has 1 saturated heterocycles. The van der Waals surface area contributed by atoms with Gasteiger partial charge in [-0.25, -0.2) is 4.79 Å². The molecule has 0 spiro atoms. The molecule has 3 aromatic carbocycles. The number of hydrogen-bond acceptors (Lipinski definition) is 4. The Bertz CT molecular complexity index is 1090. The van der Waals surface area contributed by atoms with Gasteiger partial charge in [-0.15, -0.1) is 0 Å². The van der Waals surface area contributed by atoms with Crippen LogP contribution in [0.5, 0.6) is 11.5 Å². The monoisotopic (exact) mass is 518 g/mol. The molecule has 0 radical (unpaired) electrons. The summed E-state index contributed by atoms with van der Waals surface area (Å²) in [6.45, 7) is 7.55. The molecule has 38 heavy (non-hydrogen) atoms. The van der Waals surface area contributed by atoms with Crippen molar-refractivity contribution in [1.82, 2.24) is 0 Å². The number of aromatic carboxylic acids is 1. The fourth-order valence-corrected chi connectivity index (χ4v) is 4.23. The summed E-state index contributed by atoms with van der Waals surface area (Å²) in [5.74, 6) is 0.462. The van der Waals surface area contributed by atoms with Gasteiger partial charge in [-0.05, 0) is 60.7 Å². The van der Waals surface area contributed by atoms with E-state index in [1.807, 2.05) is 25.1 Å². The Kier molecular flexibility index (Phi) is 12.2. The predicted molar refractivity (Wildman–Crippen MR) is 153 cm³/mol. The van der Waals surface area contributed by atoms with Gasteiger partial charge in [0.05, 0.1) is 12.7 Å². The second-order valence-corrected chi connectivity index (χ2v) is 9.77. The zero-order valence-corrected chi connectivity index (χ0v) is 23.0. The van der Waals surface area contributed by atoms with Gasteiger partial charge in [0.2, 0.25) is 0 Å². The molecule has 5 heteroatoms. The van der Waals surface area contributed by atoms with Crippen LogP contribution in [-0.2, 0) is 4.74 Å². The molecule has 1 heterocycles. The van der Waals surface area contributed by atoms with Gasteiger partial charge in [-0.3, -0.25) is 0 Å². The number of rotatable bonds is 14. The van der Waals surface area contributed by atoms with Gasteiger partial charge < -0.3 is 19.3 Å². The summed E-state index contributed by atoms with van der Waals surface area (Å²) in [4.78, 5) is 11.0. The second-order valence-electron chi connectivity index (χ2n) is 9.77. The van der Waals surface area contributed by atoms with Crippen molar-refractivity contribution in [3.8, 4) is 22.6 Å². The van der Waals surface area contributed by atoms with Crippen LogP contribution in [0.15, 0.2) is 72.8 Å². The van der Waals surface area contributed by atoms with Gasteiger partial charge in [0.25, 0.3) is 0 Å². The average Bonchev–Trinajstić information content (AvgIpc) is 3.68. The molecule has 0 unspecified atom stereocenters. The Hall–Kier alpha value is -3.31. The zero-order chi connectivity index (χ0) is 27.2. The van der Waals surface area contributed by atoms with Crippen molar-refractivity contribution >= 4 is 5.97 Å². The van der Waals surface area contributed by atoms with Crippen molar-refractivity contribution in [2.75, 3.05) is 13.2 Å². The van der Waals surface area contributed by atoms with Crippen LogP contribution in [0.25, 0.3) is 11.1 Å². The minimum absolute atomic E-state index is 0.245. The lowest BCUT2D eigenvalue weighted by Gasteiger charge is -2.09. The molecular formula is C33H42O5. The highest BCUT2D eigenvalue weighted by Gasteiger charge is 2.38. The number of carboxylic acids is 1. The fraction of sp³-hybridized carbons (Fsp3) is 0.424. The Morgan fingerprint density at radius 1 is 0.816 bits per heavy atom. The molecule has 4 rings (SSSR count). The summed E-state index contributed by atoms with van der Waals surface area (Å²) >= 11 is 0. The first-order valence-corrected chi connectivity index (χ1v) is 13.9. The molecule has 1 aliphatic rings. The molecule has 1 N–H and O–H groups in total. The zero-order valence-electron chi connectivity index (χ0n) is 23.0. The van der Waals surface area contributed by atoms with Crippen molar-refractivity contribution in [3.05, 3.63) is 83.9 Å². The van der Waals surface area contributed by atoms with Gasteiger partial charge in [0.15, 0.2) is 0 Å². The fourth-order valence-electron chi connectivity index (χ4n) is 4.23. The maximum atomic E-state index is 11.0. The van der Waals surface area contributed by atoms with Crippen LogP contribution in [-0.4, -0.2) is 36.5 Å². The van der Waals surface area contributed by atoms with Crippen molar-refractivity contribution in [1.29, 1.82) is 0 Å². The first kappa shape index (κ1) is 29.2. The Morgan fingerprint density at radius 3 is 2.21 bits per heavy atom. The number of ether oxygens (including phenoxy) is 3. The first-order chi connectivity index (χ1) is 18.5. The van der Waals surface area contributed by atoms with Crippen molar-refractivity contribution in [3.63, 3.8) is 0 Å². The van der Waals surface area contributed by atoms with Gasteiger partial charge in [-0.2, -0.15) is 0 Å². The lowest BCUT2D eigenvalue weighted by atomic mass is 10.1. The number of aryl methyl sites for hydroxylation is 1. The van der Waals surface area contributed by atoms with E-state index in [0.29, 0.717) is 31.2 Å². The van der Waals surface area contributed by atoms with Crippen LogP contribution in [0.3, 0.4) is 0 Å². The van der Waals surface area contributed by atoms with Crippen LogP contribution >= 0.6 is 0 Å². The van der Waals surface area contributed by atoms with Crippen LogP contribution in [0, 0.1) is 6.92 Å². The molecule has 1 aliphatic heterocycles. The molecule has 204 valence electrons. The van der Waals surface area contributed by atoms with Gasteiger partial charge in [0, 0.05) is 0 Å². The average molecular weight is 519 g/mol. The van der Waals surface area contributed by atoms with Crippen molar-refractivity contribution in [2.45, 2.75) is 77.9 Å². The Balaban J connectivity index is 0.000000212. The van der Waals surface area contributed by atoms with Crippen LogP contribution in [0.4, 0.5) is 0 Å². The van der Waals surface area contributed by atoms with E-state index in [9.17, 15) is 4.79 Å². The van der Waals surface area contributed by atoms with Crippen LogP contribution < -0.4 is 9.47 Å². The smallest absolute Gasteiger partial charge is 0.339 e. The third kappa shape index (κ3) is 9.86. The summed E-state index contributed by atoms with van der Waals surface area (Å²) in [5, 5.41) is 9.05. The highest BCUT2D eigenvalue weighted by molar-refractivity contribution is 5.90. The van der Waals surface area contributed by atoms with E-state index in [1.54, 1.807) is 18.2 Å². The second kappa shape index (κ2) is 15.8. The van der Waals surface area contributed by atoms with E-state index < -0.39 is 5.97 Å². The summed E-state index contributed by atoms with van der Waals surface area (Å²) in [6.07, 6.45) is 8.85. The molecule has 0 amide bonds. The molecule has 2 atom stereocenters. The number of hydrogen-bond donors (Lipinski definition) is 1. The maximum absolute atomic E-state index is 11.0. The van der Waals surface area contributed by atoms with E-state index in [-0.39, 0.29) is 5.56 Å². The molecular weight excluding hydrogens is 476 g/mol. The normalized spacial score (nSPS) is 15.8. The van der Waals surface area contributed by atoms with Crippen LogP contribution in [0.1, 0.15) is 74.7 Å². The lowest BCUT2D eigenvalue weighted by molar-refractivity contribution is 0.0692. The largest absolute Gasteiger partial charge is 0.493 e. The van der Waals surface area contributed by atoms with Crippen molar-refractivity contribution in [2.24, 2.45) is 0 Å². The van der Waals surface area contributed by atoms with E-state index >= 15 is 0 Å². The lowest BCUT2D eigenvalue weighted by Crippen LogP contribution is -2.07. The van der Waals surface area contributed by atoms with E-state index in [2.05, 4.69) is 50.2 Å². The van der Waals surface area contributed by atoms with Gasteiger partial charge >= 0.3 is 5.97 Å². The Labute approximate surface area is 227 Å². The summed E-state index contributed by atoms with van der Waals surface area (Å²) < 4.78 is 16.9. The molecule has 0 saturated carbocycles. The molecule has 0 bridgehead atoms. The Morgan fingerprint density at radius 2 is 1.53 bits per heavy atom. The van der Waals surface area contributed by atoms with E-state index in [1.165, 1.54) is 36.8 Å². The third-order valence-electron chi connectivity index (χ3n) is 6.51. The summed E-state index contributed by atoms with van der Waals surface area (Å²) in [7, 11) is 0. The summed E-state index contributed by atoms with van der Waals surface area (Å²) in [5.41, 5.74) is 3.70. The van der Waals surface area contributed by atoms with Crippen molar-refractivity contribution < 1.29 is 24.1 Å². The number of benzene rings is 3. The molecule has 0 aliphatic carbocycles. The number of epoxide rings is 1. The molecule has 0 aromatic heterocycles. The van der Waals surface area contributed by atoms with E-state index in [4.69, 9.17) is 19.3 Å². The summed E-state index contributed by atoms with van der Waals surface area (Å²) in [6, 6.07) is 23.8. The quantitative estimate of drug-likeness (QED) is 0.172. The maximum Gasteiger partial charge on any atom is 0.339 e. The SMILES string of the molecule is CCCCCCCOc1cc(C)ccc1C(=O)O.CCC[C@@H]1O[C@H]1COc1ccc(-c2ccccc2)cc1. The predicted octanol–water partition coefficient (Wildman–Crippen LogP) is 8.34. The highest BCUT2D eigenvalue weighted by atomic mass is 16.6. The molecule has 1 fully saturated rings. The van der Waals surface area contributed by atoms with Gasteiger partial charge in [-0.1, -0.05) is 94.5 Å². The van der Waals surface area contributed by atoms with Gasteiger partial charge in [0.1, 0.15) is 29.8 Å². The number of carbonyl (C=O) groups is 1. The number of carboxylic acid groups (broad SMARTS) is 1. The third-order valence-corrected chi connectivity index (χ3v) is 6.51. The molecule has 5 nitrogen and oxygen atoms in total. The van der Waals surface area contributed by atoms with E-state index in [0.717, 1.165) is 30.6 Å². The standard InChI is InChI=1S/C18H20O2.C15H22O3/c1-2-6-17-18(20-17)13-19-16-11-9-15(10-12-16)14-7-4-3-5-8-14;1-3-4-5-6-7-10-18-14-11-12(2)8-9-13(14)15(16)17/h3-5,7-12,17-18H,2,6,13H2,1H3;8-9,11H,3-7,10H2,1-2H3,(H,16,17)/t17-,18-;/m0./s1. The number of unbranched alkanes of at least 4 members (excludes halogenated alkanes) is 4.